The number of rotatable bonds is 8. The van der Waals surface area contributed by atoms with Crippen LogP contribution in [0.1, 0.15) is 46.0 Å². The van der Waals surface area contributed by atoms with Gasteiger partial charge in [-0.1, -0.05) is 26.7 Å². The van der Waals surface area contributed by atoms with Crippen molar-refractivity contribution in [2.45, 2.75) is 58.2 Å². The van der Waals surface area contributed by atoms with Gasteiger partial charge in [-0.15, -0.1) is 0 Å². The summed E-state index contributed by atoms with van der Waals surface area (Å²) in [7, 11) is 0. The number of ether oxygens (including phenoxy) is 2. The van der Waals surface area contributed by atoms with E-state index in [2.05, 4.69) is 23.6 Å². The van der Waals surface area contributed by atoms with E-state index >= 15 is 0 Å². The van der Waals surface area contributed by atoms with Gasteiger partial charge in [-0.25, -0.2) is 0 Å². The first kappa shape index (κ1) is 17.2. The fourth-order valence-corrected chi connectivity index (χ4v) is 3.31. The molecule has 0 aliphatic carbocycles. The van der Waals surface area contributed by atoms with Crippen LogP contribution in [0.5, 0.6) is 0 Å². The van der Waals surface area contributed by atoms with Gasteiger partial charge in [0.05, 0.1) is 25.4 Å². The van der Waals surface area contributed by atoms with Crippen LogP contribution < -0.4 is 0 Å². The van der Waals surface area contributed by atoms with Gasteiger partial charge in [0.15, 0.2) is 0 Å². The Morgan fingerprint density at radius 2 is 1.29 bits per heavy atom. The van der Waals surface area contributed by atoms with Crippen molar-refractivity contribution >= 4 is 0 Å². The normalized spacial score (nSPS) is 28.9. The summed E-state index contributed by atoms with van der Waals surface area (Å²) < 4.78 is 11.9. The molecule has 0 radical (unpaired) electrons. The zero-order valence-electron chi connectivity index (χ0n) is 14.1. The topological polar surface area (TPSA) is 24.9 Å². The lowest BCUT2D eigenvalue weighted by molar-refractivity contribution is -0.0860. The van der Waals surface area contributed by atoms with E-state index in [1.54, 1.807) is 0 Å². The van der Waals surface area contributed by atoms with Crippen LogP contribution in [0.3, 0.4) is 0 Å². The minimum Gasteiger partial charge on any atom is -0.375 e. The maximum absolute atomic E-state index is 5.97. The Morgan fingerprint density at radius 1 is 0.810 bits per heavy atom. The monoisotopic (exact) mass is 298 g/mol. The molecule has 124 valence electrons. The van der Waals surface area contributed by atoms with Crippen molar-refractivity contribution in [3.63, 3.8) is 0 Å². The highest BCUT2D eigenvalue weighted by atomic mass is 16.5. The van der Waals surface area contributed by atoms with Gasteiger partial charge in [0, 0.05) is 32.6 Å². The fraction of sp³-hybridized carbons (Fsp3) is 1.00. The van der Waals surface area contributed by atoms with Gasteiger partial charge in [0.2, 0.25) is 0 Å². The number of nitrogens with zero attached hydrogens (tertiary/aromatic N) is 2. The molecule has 0 bridgehead atoms. The third kappa shape index (κ3) is 6.23. The molecule has 2 atom stereocenters. The smallest absolute Gasteiger partial charge is 0.0727 e. The van der Waals surface area contributed by atoms with Gasteiger partial charge in [0.25, 0.3) is 0 Å². The highest BCUT2D eigenvalue weighted by Gasteiger charge is 2.27. The molecule has 0 saturated carbocycles. The van der Waals surface area contributed by atoms with Crippen LogP contribution >= 0.6 is 0 Å². The quantitative estimate of drug-likeness (QED) is 0.687. The first-order chi connectivity index (χ1) is 10.3. The molecule has 4 nitrogen and oxygen atoms in total. The predicted molar refractivity (Wildman–Crippen MR) is 86.8 cm³/mol. The molecule has 2 unspecified atom stereocenters. The maximum atomic E-state index is 5.97. The SMILES string of the molecule is CCCCN1CCOC(CC2CN(CCCC)CCO2)C1. The second-order valence-electron chi connectivity index (χ2n) is 6.53. The molecule has 0 aromatic rings. The molecule has 2 rings (SSSR count). The lowest BCUT2D eigenvalue weighted by Crippen LogP contribution is -2.48. The molecule has 2 fully saturated rings. The summed E-state index contributed by atoms with van der Waals surface area (Å²) in [4.78, 5) is 5.13. The first-order valence-electron chi connectivity index (χ1n) is 8.99. The lowest BCUT2D eigenvalue weighted by atomic mass is 10.1. The van der Waals surface area contributed by atoms with E-state index in [1.807, 2.05) is 0 Å². The van der Waals surface area contributed by atoms with Gasteiger partial charge in [-0.3, -0.25) is 9.80 Å². The highest BCUT2D eigenvalue weighted by Crippen LogP contribution is 2.17. The minimum absolute atomic E-state index is 0.367. The molecular formula is C17H34N2O2. The summed E-state index contributed by atoms with van der Waals surface area (Å²) in [6.07, 6.45) is 6.96. The number of hydrogen-bond donors (Lipinski definition) is 0. The summed E-state index contributed by atoms with van der Waals surface area (Å²) in [5.41, 5.74) is 0. The summed E-state index contributed by atoms with van der Waals surface area (Å²) in [5, 5.41) is 0. The minimum atomic E-state index is 0.367. The van der Waals surface area contributed by atoms with Crippen LogP contribution in [0.15, 0.2) is 0 Å². The predicted octanol–water partition coefficient (Wildman–Crippen LogP) is 2.38. The summed E-state index contributed by atoms with van der Waals surface area (Å²) in [5.74, 6) is 0. The van der Waals surface area contributed by atoms with Crippen LogP contribution in [-0.2, 0) is 9.47 Å². The summed E-state index contributed by atoms with van der Waals surface area (Å²) in [6, 6.07) is 0. The van der Waals surface area contributed by atoms with E-state index in [0.717, 1.165) is 45.8 Å². The summed E-state index contributed by atoms with van der Waals surface area (Å²) in [6.45, 7) is 13.1. The highest BCUT2D eigenvalue weighted by molar-refractivity contribution is 4.79. The van der Waals surface area contributed by atoms with E-state index in [1.165, 1.54) is 38.8 Å². The molecule has 21 heavy (non-hydrogen) atoms. The van der Waals surface area contributed by atoms with E-state index in [4.69, 9.17) is 9.47 Å². The standard InChI is InChI=1S/C17H34N2O2/c1-3-5-7-18-9-11-20-16(14-18)13-17-15-19(8-6-4-2)10-12-21-17/h16-17H,3-15H2,1-2H3. The number of hydrogen-bond acceptors (Lipinski definition) is 4. The van der Waals surface area contributed by atoms with Gasteiger partial charge in [-0.05, 0) is 25.9 Å². The van der Waals surface area contributed by atoms with Crippen molar-refractivity contribution in [1.29, 1.82) is 0 Å². The largest absolute Gasteiger partial charge is 0.375 e. The molecule has 0 aromatic carbocycles. The first-order valence-corrected chi connectivity index (χ1v) is 8.99. The third-order valence-corrected chi connectivity index (χ3v) is 4.63. The Balaban J connectivity index is 1.70. The Bertz CT molecular complexity index is 250. The van der Waals surface area contributed by atoms with Crippen molar-refractivity contribution in [3.8, 4) is 0 Å². The molecule has 4 heteroatoms. The lowest BCUT2D eigenvalue weighted by Gasteiger charge is -2.37. The van der Waals surface area contributed by atoms with E-state index in [-0.39, 0.29) is 0 Å². The molecular weight excluding hydrogens is 264 g/mol. The zero-order chi connectivity index (χ0) is 14.9. The average Bonchev–Trinajstić information content (AvgIpc) is 2.52. The second-order valence-corrected chi connectivity index (χ2v) is 6.53. The van der Waals surface area contributed by atoms with Crippen molar-refractivity contribution in [2.75, 3.05) is 52.5 Å². The van der Waals surface area contributed by atoms with Crippen LogP contribution in [0.4, 0.5) is 0 Å². The number of morpholine rings is 2. The Morgan fingerprint density at radius 3 is 1.71 bits per heavy atom. The Hall–Kier alpha value is -0.160. The summed E-state index contributed by atoms with van der Waals surface area (Å²) >= 11 is 0. The van der Waals surface area contributed by atoms with Crippen LogP contribution in [0.25, 0.3) is 0 Å². The van der Waals surface area contributed by atoms with Gasteiger partial charge in [0.1, 0.15) is 0 Å². The van der Waals surface area contributed by atoms with Gasteiger partial charge < -0.3 is 9.47 Å². The third-order valence-electron chi connectivity index (χ3n) is 4.63. The second kappa shape index (κ2) is 9.78. The molecule has 0 amide bonds. The maximum Gasteiger partial charge on any atom is 0.0727 e. The Labute approximate surface area is 130 Å². The van der Waals surface area contributed by atoms with Crippen molar-refractivity contribution < 1.29 is 9.47 Å². The molecule has 2 saturated heterocycles. The van der Waals surface area contributed by atoms with E-state index < -0.39 is 0 Å². The molecule has 0 spiro atoms. The van der Waals surface area contributed by atoms with Crippen molar-refractivity contribution in [2.24, 2.45) is 0 Å². The fourth-order valence-electron chi connectivity index (χ4n) is 3.31. The van der Waals surface area contributed by atoms with Crippen LogP contribution in [0.2, 0.25) is 0 Å². The van der Waals surface area contributed by atoms with E-state index in [0.29, 0.717) is 12.2 Å². The molecule has 2 heterocycles. The molecule has 2 aliphatic heterocycles. The molecule has 0 N–H and O–H groups in total. The average molecular weight is 298 g/mol. The van der Waals surface area contributed by atoms with Crippen molar-refractivity contribution in [3.05, 3.63) is 0 Å². The van der Waals surface area contributed by atoms with Crippen LogP contribution in [-0.4, -0.2) is 74.5 Å². The zero-order valence-corrected chi connectivity index (χ0v) is 14.1. The molecule has 0 aromatic heterocycles. The van der Waals surface area contributed by atoms with Gasteiger partial charge >= 0.3 is 0 Å². The van der Waals surface area contributed by atoms with Gasteiger partial charge in [-0.2, -0.15) is 0 Å². The van der Waals surface area contributed by atoms with E-state index in [9.17, 15) is 0 Å². The Kier molecular flexibility index (Phi) is 8.01. The molecule has 2 aliphatic rings. The van der Waals surface area contributed by atoms with Crippen LogP contribution in [0, 0.1) is 0 Å². The van der Waals surface area contributed by atoms with Crippen molar-refractivity contribution in [1.82, 2.24) is 9.80 Å². The number of unbranched alkanes of at least 4 members (excludes halogenated alkanes) is 2.